The molecule has 1 atom stereocenters. The lowest BCUT2D eigenvalue weighted by Gasteiger charge is -2.29. The lowest BCUT2D eigenvalue weighted by atomic mass is 9.90. The molecule has 3 aromatic rings. The number of hydrogen-bond donors (Lipinski definition) is 1. The Bertz CT molecular complexity index is 1040. The van der Waals surface area contributed by atoms with Crippen molar-refractivity contribution >= 4 is 35.6 Å². The van der Waals surface area contributed by atoms with Crippen LogP contribution in [-0.4, -0.2) is 25.2 Å². The van der Waals surface area contributed by atoms with Gasteiger partial charge in [0.2, 0.25) is 0 Å². The highest BCUT2D eigenvalue weighted by Gasteiger charge is 2.24. The summed E-state index contributed by atoms with van der Waals surface area (Å²) in [4.78, 5) is 4.07. The number of aromatic nitrogens is 1. The Kier molecular flexibility index (Phi) is 10.3. The van der Waals surface area contributed by atoms with E-state index < -0.39 is 0 Å². The van der Waals surface area contributed by atoms with E-state index in [9.17, 15) is 0 Å². The Balaban J connectivity index is 0.00000324. The molecule has 0 radical (unpaired) electrons. The van der Waals surface area contributed by atoms with Crippen molar-refractivity contribution in [3.05, 3.63) is 87.2 Å². The molecular formula is C27H31Cl3N2O2. The quantitative estimate of drug-likeness (QED) is 0.291. The number of hydrogen-bond acceptors (Lipinski definition) is 4. The second-order valence-corrected chi connectivity index (χ2v) is 9.20. The number of nitrogens with one attached hydrogen (secondary N) is 1. The molecule has 0 amide bonds. The predicted molar refractivity (Wildman–Crippen MR) is 142 cm³/mol. The van der Waals surface area contributed by atoms with Gasteiger partial charge in [-0.2, -0.15) is 0 Å². The van der Waals surface area contributed by atoms with Crippen molar-refractivity contribution in [2.24, 2.45) is 0 Å². The SMILES string of the molecule is COc1cc2c(cc1OCCCCCc1ccccc1)C(Cc1c(Cl)cncc1Cl)NCC2.Cl. The summed E-state index contributed by atoms with van der Waals surface area (Å²) in [5, 5.41) is 4.80. The summed E-state index contributed by atoms with van der Waals surface area (Å²) in [5.74, 6) is 1.58. The van der Waals surface area contributed by atoms with Crippen LogP contribution in [0.1, 0.15) is 47.6 Å². The second-order valence-electron chi connectivity index (χ2n) is 8.39. The molecule has 1 aliphatic heterocycles. The minimum Gasteiger partial charge on any atom is -0.493 e. The Morgan fingerprint density at radius 3 is 2.50 bits per heavy atom. The fourth-order valence-corrected chi connectivity index (χ4v) is 4.90. The van der Waals surface area contributed by atoms with Gasteiger partial charge in [-0.1, -0.05) is 53.5 Å². The van der Waals surface area contributed by atoms with Crippen molar-refractivity contribution in [3.8, 4) is 11.5 Å². The monoisotopic (exact) mass is 520 g/mol. The van der Waals surface area contributed by atoms with E-state index in [2.05, 4.69) is 52.8 Å². The Labute approximate surface area is 218 Å². The van der Waals surface area contributed by atoms with E-state index in [0.29, 0.717) is 23.1 Å². The van der Waals surface area contributed by atoms with Crippen LogP contribution in [0, 0.1) is 0 Å². The zero-order chi connectivity index (χ0) is 23.0. The smallest absolute Gasteiger partial charge is 0.161 e. The lowest BCUT2D eigenvalue weighted by molar-refractivity contribution is 0.284. The van der Waals surface area contributed by atoms with Crippen molar-refractivity contribution in [2.45, 2.75) is 44.6 Å². The average molecular weight is 522 g/mol. The van der Waals surface area contributed by atoms with Crippen molar-refractivity contribution in [3.63, 3.8) is 0 Å². The molecule has 7 heteroatoms. The lowest BCUT2D eigenvalue weighted by Crippen LogP contribution is -2.31. The number of pyridine rings is 1. The molecule has 0 saturated heterocycles. The molecule has 1 aromatic heterocycles. The van der Waals surface area contributed by atoms with Gasteiger partial charge >= 0.3 is 0 Å². The van der Waals surface area contributed by atoms with Crippen LogP contribution in [0.5, 0.6) is 11.5 Å². The molecule has 0 aliphatic carbocycles. The van der Waals surface area contributed by atoms with Crippen LogP contribution in [0.3, 0.4) is 0 Å². The summed E-state index contributed by atoms with van der Waals surface area (Å²) in [7, 11) is 1.70. The highest BCUT2D eigenvalue weighted by molar-refractivity contribution is 6.35. The highest BCUT2D eigenvalue weighted by Crippen LogP contribution is 2.38. The number of benzene rings is 2. The van der Waals surface area contributed by atoms with E-state index in [0.717, 1.165) is 55.7 Å². The number of aryl methyl sites for hydroxylation is 1. The topological polar surface area (TPSA) is 43.4 Å². The molecule has 1 N–H and O–H groups in total. The predicted octanol–water partition coefficient (Wildman–Crippen LogP) is 7.04. The minimum absolute atomic E-state index is 0. The van der Waals surface area contributed by atoms with Crippen LogP contribution >= 0.6 is 35.6 Å². The van der Waals surface area contributed by atoms with E-state index in [1.807, 2.05) is 0 Å². The molecule has 1 unspecified atom stereocenters. The molecular weight excluding hydrogens is 491 g/mol. The Morgan fingerprint density at radius 2 is 1.76 bits per heavy atom. The number of rotatable bonds is 10. The highest BCUT2D eigenvalue weighted by atomic mass is 35.5. The third-order valence-corrected chi connectivity index (χ3v) is 6.81. The molecule has 34 heavy (non-hydrogen) atoms. The summed E-state index contributed by atoms with van der Waals surface area (Å²) < 4.78 is 11.8. The van der Waals surface area contributed by atoms with Crippen molar-refractivity contribution < 1.29 is 9.47 Å². The molecule has 182 valence electrons. The van der Waals surface area contributed by atoms with Gasteiger partial charge in [-0.25, -0.2) is 0 Å². The molecule has 0 bridgehead atoms. The van der Waals surface area contributed by atoms with Crippen molar-refractivity contribution in [1.29, 1.82) is 0 Å². The van der Waals surface area contributed by atoms with Gasteiger partial charge < -0.3 is 14.8 Å². The summed E-state index contributed by atoms with van der Waals surface area (Å²) in [6.07, 6.45) is 9.34. The fraction of sp³-hybridized carbons (Fsp3) is 0.370. The molecule has 4 rings (SSSR count). The molecule has 1 aliphatic rings. The van der Waals surface area contributed by atoms with E-state index in [4.69, 9.17) is 32.7 Å². The van der Waals surface area contributed by atoms with Crippen LogP contribution in [0.2, 0.25) is 10.0 Å². The molecule has 0 spiro atoms. The van der Waals surface area contributed by atoms with Gasteiger partial charge in [-0.15, -0.1) is 12.4 Å². The van der Waals surface area contributed by atoms with E-state index in [1.54, 1.807) is 19.5 Å². The number of methoxy groups -OCH3 is 1. The normalized spacial score (nSPS) is 14.7. The van der Waals surface area contributed by atoms with Gasteiger partial charge in [-0.3, -0.25) is 4.98 Å². The summed E-state index contributed by atoms with van der Waals surface area (Å²) in [5.41, 5.74) is 4.79. The molecule has 4 nitrogen and oxygen atoms in total. The zero-order valence-corrected chi connectivity index (χ0v) is 21.7. The standard InChI is InChI=1S/C27H30Cl2N2O2.ClH/c1-32-26-14-20-11-12-31-25(15-22-23(28)17-30-18-24(22)29)21(20)16-27(26)33-13-7-3-6-10-19-8-4-2-5-9-19;/h2,4-5,8-9,14,16-18,25,31H,3,6-7,10-13,15H2,1H3;1H. The number of fused-ring (bicyclic) bond motifs is 1. The number of nitrogens with zero attached hydrogens (tertiary/aromatic N) is 1. The third kappa shape index (κ3) is 6.79. The van der Waals surface area contributed by atoms with Crippen LogP contribution in [0.4, 0.5) is 0 Å². The number of halogens is 3. The van der Waals surface area contributed by atoms with Gasteiger partial charge in [0.05, 0.1) is 23.8 Å². The van der Waals surface area contributed by atoms with Gasteiger partial charge in [0.1, 0.15) is 0 Å². The van der Waals surface area contributed by atoms with Gasteiger partial charge in [-0.05, 0) is 79.5 Å². The number of ether oxygens (including phenoxy) is 2. The van der Waals surface area contributed by atoms with Crippen LogP contribution in [-0.2, 0) is 19.3 Å². The number of unbranched alkanes of at least 4 members (excludes halogenated alkanes) is 2. The minimum atomic E-state index is 0. The van der Waals surface area contributed by atoms with Crippen LogP contribution in [0.25, 0.3) is 0 Å². The maximum absolute atomic E-state index is 6.38. The molecule has 2 heterocycles. The van der Waals surface area contributed by atoms with Crippen LogP contribution < -0.4 is 14.8 Å². The zero-order valence-electron chi connectivity index (χ0n) is 19.4. The summed E-state index contributed by atoms with van der Waals surface area (Å²) in [6.45, 7) is 1.56. The Hall–Kier alpha value is -1.98. The largest absolute Gasteiger partial charge is 0.493 e. The second kappa shape index (κ2) is 13.2. The first-order valence-electron chi connectivity index (χ1n) is 11.5. The van der Waals surface area contributed by atoms with Crippen molar-refractivity contribution in [2.75, 3.05) is 20.3 Å². The van der Waals surface area contributed by atoms with E-state index in [1.165, 1.54) is 16.7 Å². The van der Waals surface area contributed by atoms with Crippen LogP contribution in [0.15, 0.2) is 54.9 Å². The third-order valence-electron chi connectivity index (χ3n) is 6.16. The van der Waals surface area contributed by atoms with Gasteiger partial charge in [0, 0.05) is 18.4 Å². The molecule has 2 aromatic carbocycles. The summed E-state index contributed by atoms with van der Waals surface area (Å²) in [6, 6.07) is 15.0. The maximum atomic E-state index is 6.38. The Morgan fingerprint density at radius 1 is 1.00 bits per heavy atom. The fourth-order valence-electron chi connectivity index (χ4n) is 4.38. The summed E-state index contributed by atoms with van der Waals surface area (Å²) >= 11 is 12.8. The van der Waals surface area contributed by atoms with Crippen molar-refractivity contribution in [1.82, 2.24) is 10.3 Å². The first-order valence-corrected chi connectivity index (χ1v) is 12.3. The average Bonchev–Trinajstić information content (AvgIpc) is 2.84. The van der Waals surface area contributed by atoms with Gasteiger partial charge in [0.15, 0.2) is 11.5 Å². The van der Waals surface area contributed by atoms with E-state index >= 15 is 0 Å². The molecule has 0 fully saturated rings. The first-order chi connectivity index (χ1) is 16.2. The maximum Gasteiger partial charge on any atom is 0.161 e. The molecule has 0 saturated carbocycles. The van der Waals surface area contributed by atoms with E-state index in [-0.39, 0.29) is 18.4 Å². The van der Waals surface area contributed by atoms with Gasteiger partial charge in [0.25, 0.3) is 0 Å². The first kappa shape index (κ1) is 26.6.